The number of nitrogens with one attached hydrogen (secondary N) is 1. The summed E-state index contributed by atoms with van der Waals surface area (Å²) in [6.07, 6.45) is 1.74. The number of anilines is 2. The Balaban J connectivity index is 1.59. The van der Waals surface area contributed by atoms with Crippen LogP contribution in [0.1, 0.15) is 5.69 Å². The number of ether oxygens (including phenoxy) is 1. The zero-order valence-electron chi connectivity index (χ0n) is 13.4. The fraction of sp³-hybridized carbons (Fsp3) is 0.294. The van der Waals surface area contributed by atoms with Gasteiger partial charge in [-0.2, -0.15) is 0 Å². The Kier molecular flexibility index (Phi) is 4.61. The zero-order chi connectivity index (χ0) is 17.2. The van der Waals surface area contributed by atoms with E-state index in [0.29, 0.717) is 22.2 Å². The van der Waals surface area contributed by atoms with E-state index in [-0.39, 0.29) is 5.56 Å². The summed E-state index contributed by atoms with van der Waals surface area (Å²) in [5.41, 5.74) is 2.66. The Morgan fingerprint density at radius 1 is 1.28 bits per heavy atom. The van der Waals surface area contributed by atoms with Gasteiger partial charge in [0.15, 0.2) is 4.96 Å². The summed E-state index contributed by atoms with van der Waals surface area (Å²) in [5.74, 6) is 0. The van der Waals surface area contributed by atoms with Gasteiger partial charge in [-0.3, -0.25) is 9.20 Å². The third kappa shape index (κ3) is 3.49. The molecular formula is C17H17ClN4O2S. The first-order valence-electron chi connectivity index (χ1n) is 8.02. The number of hydrogen-bond acceptors (Lipinski definition) is 6. The highest BCUT2D eigenvalue weighted by Crippen LogP contribution is 2.30. The van der Waals surface area contributed by atoms with Gasteiger partial charge >= 0.3 is 0 Å². The van der Waals surface area contributed by atoms with Gasteiger partial charge in [0, 0.05) is 35.8 Å². The van der Waals surface area contributed by atoms with Crippen LogP contribution in [0.15, 0.2) is 40.6 Å². The topological polar surface area (TPSA) is 58.9 Å². The molecule has 0 spiro atoms. The number of nitrogens with zero attached hydrogens (tertiary/aromatic N) is 3. The van der Waals surface area contributed by atoms with E-state index in [1.165, 1.54) is 11.3 Å². The summed E-state index contributed by atoms with van der Waals surface area (Å²) in [7, 11) is 0. The van der Waals surface area contributed by atoms with Crippen LogP contribution in [0, 0.1) is 0 Å². The van der Waals surface area contributed by atoms with E-state index in [4.69, 9.17) is 16.3 Å². The molecule has 0 saturated carbocycles. The average Bonchev–Trinajstić information content (AvgIpc) is 3.10. The molecule has 0 radical (unpaired) electrons. The number of rotatable bonds is 4. The zero-order valence-corrected chi connectivity index (χ0v) is 15.0. The van der Waals surface area contributed by atoms with Crippen molar-refractivity contribution >= 4 is 39.3 Å². The number of aromatic nitrogens is 2. The molecule has 6 nitrogen and oxygen atoms in total. The number of hydrogen-bond donors (Lipinski definition) is 1. The standard InChI is InChI=1S/C17H17ClN4O2S/c18-12-1-2-15(21-3-6-24-7-4-21)14(9-12)19-11-13-10-16(23)22-5-8-25-17(22)20-13/h1-2,5,8-10,19H,3-4,6-7,11H2. The van der Waals surface area contributed by atoms with Crippen LogP contribution in [-0.4, -0.2) is 35.7 Å². The maximum Gasteiger partial charge on any atom is 0.258 e. The normalized spacial score (nSPS) is 14.8. The molecule has 1 aliphatic heterocycles. The van der Waals surface area contributed by atoms with Crippen molar-refractivity contribution in [1.82, 2.24) is 9.38 Å². The minimum Gasteiger partial charge on any atom is -0.378 e. The number of halogens is 1. The highest BCUT2D eigenvalue weighted by atomic mass is 35.5. The van der Waals surface area contributed by atoms with Crippen LogP contribution in [-0.2, 0) is 11.3 Å². The molecule has 1 aliphatic rings. The quantitative estimate of drug-likeness (QED) is 0.758. The van der Waals surface area contributed by atoms with E-state index >= 15 is 0 Å². The summed E-state index contributed by atoms with van der Waals surface area (Å²) in [6.45, 7) is 3.58. The van der Waals surface area contributed by atoms with Gasteiger partial charge in [-0.05, 0) is 18.2 Å². The van der Waals surface area contributed by atoms with Crippen molar-refractivity contribution in [3.8, 4) is 0 Å². The van der Waals surface area contributed by atoms with E-state index in [1.807, 2.05) is 23.6 Å². The van der Waals surface area contributed by atoms with Crippen LogP contribution in [0.5, 0.6) is 0 Å². The first-order chi connectivity index (χ1) is 12.2. The fourth-order valence-corrected chi connectivity index (χ4v) is 3.80. The van der Waals surface area contributed by atoms with Crippen molar-refractivity contribution in [1.29, 1.82) is 0 Å². The fourth-order valence-electron chi connectivity index (χ4n) is 2.89. The lowest BCUT2D eigenvalue weighted by Gasteiger charge is -2.30. The van der Waals surface area contributed by atoms with Crippen molar-refractivity contribution in [3.63, 3.8) is 0 Å². The van der Waals surface area contributed by atoms with Gasteiger partial charge < -0.3 is 15.0 Å². The van der Waals surface area contributed by atoms with Crippen LogP contribution in [0.2, 0.25) is 5.02 Å². The summed E-state index contributed by atoms with van der Waals surface area (Å²) >= 11 is 7.62. The molecule has 25 heavy (non-hydrogen) atoms. The molecule has 0 aliphatic carbocycles. The van der Waals surface area contributed by atoms with Crippen LogP contribution in [0.3, 0.4) is 0 Å². The van der Waals surface area contributed by atoms with Crippen molar-refractivity contribution in [2.75, 3.05) is 36.5 Å². The smallest absolute Gasteiger partial charge is 0.258 e. The Bertz CT molecular complexity index is 949. The maximum absolute atomic E-state index is 12.1. The second kappa shape index (κ2) is 7.03. The molecule has 3 heterocycles. The number of fused-ring (bicyclic) bond motifs is 1. The molecule has 0 unspecified atom stereocenters. The first kappa shape index (κ1) is 16.4. The van der Waals surface area contributed by atoms with Crippen LogP contribution >= 0.6 is 22.9 Å². The number of thiazole rings is 1. The summed E-state index contributed by atoms with van der Waals surface area (Å²) < 4.78 is 6.97. The predicted molar refractivity (Wildman–Crippen MR) is 101 cm³/mol. The summed E-state index contributed by atoms with van der Waals surface area (Å²) in [6, 6.07) is 7.37. The third-order valence-electron chi connectivity index (χ3n) is 4.13. The van der Waals surface area contributed by atoms with Gasteiger partial charge in [-0.15, -0.1) is 11.3 Å². The van der Waals surface area contributed by atoms with Gasteiger partial charge in [-0.1, -0.05) is 11.6 Å². The average molecular weight is 377 g/mol. The Morgan fingerprint density at radius 3 is 2.96 bits per heavy atom. The Hall–Kier alpha value is -2.09. The van der Waals surface area contributed by atoms with Crippen molar-refractivity contribution in [3.05, 3.63) is 56.9 Å². The van der Waals surface area contributed by atoms with E-state index in [2.05, 4.69) is 15.2 Å². The first-order valence-corrected chi connectivity index (χ1v) is 9.28. The third-order valence-corrected chi connectivity index (χ3v) is 5.12. The van der Waals surface area contributed by atoms with Crippen molar-refractivity contribution in [2.45, 2.75) is 6.54 Å². The second-order valence-corrected chi connectivity index (χ2v) is 7.07. The molecule has 0 bridgehead atoms. The molecule has 3 aromatic rings. The minimum atomic E-state index is -0.0671. The Morgan fingerprint density at radius 2 is 2.12 bits per heavy atom. The maximum atomic E-state index is 12.1. The number of morpholine rings is 1. The molecule has 0 amide bonds. The molecule has 0 atom stereocenters. The van der Waals surface area contributed by atoms with E-state index < -0.39 is 0 Å². The molecule has 8 heteroatoms. The molecular weight excluding hydrogens is 360 g/mol. The molecule has 1 saturated heterocycles. The van der Waals surface area contributed by atoms with E-state index in [9.17, 15) is 4.79 Å². The lowest BCUT2D eigenvalue weighted by atomic mass is 10.2. The second-order valence-electron chi connectivity index (χ2n) is 5.76. The van der Waals surface area contributed by atoms with E-state index in [1.54, 1.807) is 16.7 Å². The lowest BCUT2D eigenvalue weighted by Crippen LogP contribution is -2.36. The van der Waals surface area contributed by atoms with Crippen LogP contribution in [0.4, 0.5) is 11.4 Å². The van der Waals surface area contributed by atoms with E-state index in [0.717, 1.165) is 37.7 Å². The van der Waals surface area contributed by atoms with Gasteiger partial charge in [0.2, 0.25) is 0 Å². The predicted octanol–water partition coefficient (Wildman–Crippen LogP) is 2.86. The minimum absolute atomic E-state index is 0.0671. The molecule has 130 valence electrons. The van der Waals surface area contributed by atoms with Gasteiger partial charge in [0.1, 0.15) is 0 Å². The molecule has 1 N–H and O–H groups in total. The molecule has 1 aromatic carbocycles. The van der Waals surface area contributed by atoms with Gasteiger partial charge in [0.25, 0.3) is 5.56 Å². The number of benzene rings is 1. The highest BCUT2D eigenvalue weighted by molar-refractivity contribution is 7.15. The summed E-state index contributed by atoms with van der Waals surface area (Å²) in [5, 5.41) is 5.90. The molecule has 1 fully saturated rings. The largest absolute Gasteiger partial charge is 0.378 e. The van der Waals surface area contributed by atoms with Gasteiger partial charge in [0.05, 0.1) is 36.8 Å². The van der Waals surface area contributed by atoms with Gasteiger partial charge in [-0.25, -0.2) is 4.98 Å². The van der Waals surface area contributed by atoms with Crippen LogP contribution in [0.25, 0.3) is 4.96 Å². The van der Waals surface area contributed by atoms with Crippen molar-refractivity contribution in [2.24, 2.45) is 0 Å². The Labute approximate surface area is 153 Å². The lowest BCUT2D eigenvalue weighted by molar-refractivity contribution is 0.123. The van der Waals surface area contributed by atoms with Crippen LogP contribution < -0.4 is 15.8 Å². The molecule has 2 aromatic heterocycles. The molecule has 4 rings (SSSR count). The van der Waals surface area contributed by atoms with Crippen molar-refractivity contribution < 1.29 is 4.74 Å². The monoisotopic (exact) mass is 376 g/mol. The highest BCUT2D eigenvalue weighted by Gasteiger charge is 2.15. The SMILES string of the molecule is O=c1cc(CNc2cc(Cl)ccc2N2CCOCC2)nc2sccn12. The summed E-state index contributed by atoms with van der Waals surface area (Å²) in [4.78, 5) is 19.6.